The fourth-order valence-corrected chi connectivity index (χ4v) is 2.25. The fraction of sp³-hybridized carbons (Fsp3) is 0.200. The van der Waals surface area contributed by atoms with Crippen molar-refractivity contribution in [3.8, 4) is 0 Å². The minimum absolute atomic E-state index is 0.374. The number of rotatable bonds is 5. The smallest absolute Gasteiger partial charge is 0.327 e. The van der Waals surface area contributed by atoms with Gasteiger partial charge in [-0.15, -0.1) is 6.58 Å². The summed E-state index contributed by atoms with van der Waals surface area (Å²) >= 11 is 6.16. The average Bonchev–Trinajstić information content (AvgIpc) is 2.49. The van der Waals surface area contributed by atoms with Gasteiger partial charge in [0.2, 0.25) is 0 Å². The van der Waals surface area contributed by atoms with Crippen LogP contribution in [0.1, 0.15) is 11.6 Å². The molecule has 1 aromatic heterocycles. The van der Waals surface area contributed by atoms with Crippen LogP contribution in [0.5, 0.6) is 0 Å². The van der Waals surface area contributed by atoms with Crippen molar-refractivity contribution in [3.05, 3.63) is 53.7 Å². The van der Waals surface area contributed by atoms with Crippen molar-refractivity contribution in [2.24, 2.45) is 0 Å². The maximum absolute atomic E-state index is 12.0. The van der Waals surface area contributed by atoms with Crippen molar-refractivity contribution < 1.29 is 9.53 Å². The first-order valence-electron chi connectivity index (χ1n) is 6.14. The number of nitrogens with zero attached hydrogens (tertiary/aromatic N) is 1. The van der Waals surface area contributed by atoms with Crippen LogP contribution in [0, 0.1) is 0 Å². The van der Waals surface area contributed by atoms with E-state index in [2.05, 4.69) is 16.9 Å². The Morgan fingerprint density at radius 1 is 1.55 bits per heavy atom. The first-order chi connectivity index (χ1) is 9.69. The third-order valence-electron chi connectivity index (χ3n) is 2.96. The van der Waals surface area contributed by atoms with E-state index in [4.69, 9.17) is 16.3 Å². The number of ether oxygens (including phenoxy) is 1. The predicted molar refractivity (Wildman–Crippen MR) is 79.7 cm³/mol. The summed E-state index contributed by atoms with van der Waals surface area (Å²) in [5, 5.41) is 4.48. The molecule has 0 fully saturated rings. The van der Waals surface area contributed by atoms with Crippen molar-refractivity contribution in [1.82, 2.24) is 10.3 Å². The number of pyridine rings is 1. The summed E-state index contributed by atoms with van der Waals surface area (Å²) < 4.78 is 4.85. The number of benzene rings is 1. The van der Waals surface area contributed by atoms with Crippen LogP contribution in [-0.2, 0) is 9.53 Å². The molecule has 0 aliphatic carbocycles. The van der Waals surface area contributed by atoms with Crippen LogP contribution in [0.3, 0.4) is 0 Å². The maximum Gasteiger partial charge on any atom is 0.327 e. The Balaban J connectivity index is 2.55. The molecule has 0 spiro atoms. The van der Waals surface area contributed by atoms with Crippen molar-refractivity contribution in [3.63, 3.8) is 0 Å². The third-order valence-corrected chi connectivity index (χ3v) is 3.29. The molecule has 1 heterocycles. The molecule has 5 heteroatoms. The van der Waals surface area contributed by atoms with Crippen LogP contribution >= 0.6 is 11.6 Å². The number of methoxy groups -OCH3 is 1. The van der Waals surface area contributed by atoms with E-state index in [1.54, 1.807) is 24.4 Å². The summed E-state index contributed by atoms with van der Waals surface area (Å²) in [6, 6.07) is 6.62. The highest BCUT2D eigenvalue weighted by Crippen LogP contribution is 2.28. The number of fused-ring (bicyclic) bond motifs is 1. The molecular formula is C15H15ClN2O2. The number of hydrogen-bond donors (Lipinski definition) is 1. The first kappa shape index (κ1) is 14.5. The fourth-order valence-electron chi connectivity index (χ4n) is 2.03. The Labute approximate surface area is 122 Å². The Bertz CT molecular complexity index is 643. The molecule has 4 nitrogen and oxygen atoms in total. The predicted octanol–water partition coefficient (Wildman–Crippen LogP) is 2.88. The van der Waals surface area contributed by atoms with Crippen molar-refractivity contribution in [2.45, 2.75) is 6.04 Å². The molecule has 0 amide bonds. The minimum Gasteiger partial charge on any atom is -0.468 e. The van der Waals surface area contributed by atoms with Crippen molar-refractivity contribution >= 4 is 28.5 Å². The van der Waals surface area contributed by atoms with Gasteiger partial charge in [0.15, 0.2) is 0 Å². The van der Waals surface area contributed by atoms with E-state index in [1.807, 2.05) is 12.1 Å². The molecule has 0 saturated heterocycles. The SMILES string of the molecule is C=CCNC(C(=O)OC)c1ccc(Cl)c2cccnc12. The van der Waals surface area contributed by atoms with E-state index in [0.29, 0.717) is 17.1 Å². The molecule has 1 atom stereocenters. The van der Waals surface area contributed by atoms with Crippen LogP contribution in [0.15, 0.2) is 43.1 Å². The van der Waals surface area contributed by atoms with Crippen molar-refractivity contribution in [2.75, 3.05) is 13.7 Å². The molecular weight excluding hydrogens is 276 g/mol. The molecule has 104 valence electrons. The van der Waals surface area contributed by atoms with E-state index in [-0.39, 0.29) is 5.97 Å². The zero-order chi connectivity index (χ0) is 14.5. The van der Waals surface area contributed by atoms with Gasteiger partial charge in [-0.05, 0) is 18.2 Å². The van der Waals surface area contributed by atoms with Gasteiger partial charge in [-0.1, -0.05) is 23.7 Å². The van der Waals surface area contributed by atoms with Crippen LogP contribution in [-0.4, -0.2) is 24.6 Å². The number of halogens is 1. The highest BCUT2D eigenvalue weighted by Gasteiger charge is 2.23. The monoisotopic (exact) mass is 290 g/mol. The first-order valence-corrected chi connectivity index (χ1v) is 6.52. The molecule has 0 bridgehead atoms. The quantitative estimate of drug-likeness (QED) is 0.679. The second kappa shape index (κ2) is 6.50. The molecule has 2 rings (SSSR count). The minimum atomic E-state index is -0.604. The summed E-state index contributed by atoms with van der Waals surface area (Å²) in [6.07, 6.45) is 3.35. The highest BCUT2D eigenvalue weighted by molar-refractivity contribution is 6.35. The van der Waals surface area contributed by atoms with Gasteiger partial charge in [-0.3, -0.25) is 10.3 Å². The molecule has 1 aromatic carbocycles. The molecule has 20 heavy (non-hydrogen) atoms. The summed E-state index contributed by atoms with van der Waals surface area (Å²) in [5.74, 6) is -0.374. The Morgan fingerprint density at radius 3 is 3.05 bits per heavy atom. The topological polar surface area (TPSA) is 51.2 Å². The number of hydrogen-bond acceptors (Lipinski definition) is 4. The largest absolute Gasteiger partial charge is 0.468 e. The number of esters is 1. The molecule has 2 aromatic rings. The van der Waals surface area contributed by atoms with Crippen LogP contribution in [0.2, 0.25) is 5.02 Å². The Morgan fingerprint density at radius 2 is 2.35 bits per heavy atom. The number of aromatic nitrogens is 1. The van der Waals surface area contributed by atoms with Gasteiger partial charge in [0.1, 0.15) is 6.04 Å². The average molecular weight is 291 g/mol. The molecule has 0 radical (unpaired) electrons. The van der Waals surface area contributed by atoms with Gasteiger partial charge < -0.3 is 4.74 Å². The Hall–Kier alpha value is -1.91. The van der Waals surface area contributed by atoms with E-state index in [1.165, 1.54) is 7.11 Å². The van der Waals surface area contributed by atoms with Crippen LogP contribution < -0.4 is 5.32 Å². The van der Waals surface area contributed by atoms with E-state index in [9.17, 15) is 4.79 Å². The van der Waals surface area contributed by atoms with Gasteiger partial charge in [0, 0.05) is 28.7 Å². The number of carbonyl (C=O) groups is 1. The number of carbonyl (C=O) groups excluding carboxylic acids is 1. The van der Waals surface area contributed by atoms with Crippen LogP contribution in [0.4, 0.5) is 0 Å². The van der Waals surface area contributed by atoms with Crippen LogP contribution in [0.25, 0.3) is 10.9 Å². The highest BCUT2D eigenvalue weighted by atomic mass is 35.5. The summed E-state index contributed by atoms with van der Waals surface area (Å²) in [4.78, 5) is 16.3. The maximum atomic E-state index is 12.0. The standard InChI is InChI=1S/C15H15ClN2O2/c1-3-8-17-14(15(19)20-2)11-6-7-12(16)10-5-4-9-18-13(10)11/h3-7,9,14,17H,1,8H2,2H3. The van der Waals surface area contributed by atoms with Gasteiger partial charge in [-0.2, -0.15) is 0 Å². The van der Waals surface area contributed by atoms with Crippen molar-refractivity contribution in [1.29, 1.82) is 0 Å². The van der Waals surface area contributed by atoms with Gasteiger partial charge in [-0.25, -0.2) is 4.79 Å². The van der Waals surface area contributed by atoms with Gasteiger partial charge >= 0.3 is 5.97 Å². The van der Waals surface area contributed by atoms with E-state index >= 15 is 0 Å². The molecule has 0 saturated carbocycles. The molecule has 0 aliphatic heterocycles. The zero-order valence-corrected chi connectivity index (χ0v) is 11.9. The second-order valence-electron chi connectivity index (χ2n) is 4.19. The zero-order valence-electron chi connectivity index (χ0n) is 11.1. The molecule has 1 N–H and O–H groups in total. The lowest BCUT2D eigenvalue weighted by Gasteiger charge is -2.17. The molecule has 0 aliphatic rings. The summed E-state index contributed by atoms with van der Waals surface area (Å²) in [7, 11) is 1.36. The van der Waals surface area contributed by atoms with Gasteiger partial charge in [0.25, 0.3) is 0 Å². The number of nitrogens with one attached hydrogen (secondary N) is 1. The normalized spacial score (nSPS) is 12.1. The summed E-state index contributed by atoms with van der Waals surface area (Å²) in [5.41, 5.74) is 1.42. The lowest BCUT2D eigenvalue weighted by Crippen LogP contribution is -2.30. The molecule has 1 unspecified atom stereocenters. The van der Waals surface area contributed by atoms with Gasteiger partial charge in [0.05, 0.1) is 12.6 Å². The van der Waals surface area contributed by atoms with E-state index in [0.717, 1.165) is 10.9 Å². The lowest BCUT2D eigenvalue weighted by atomic mass is 10.0. The Kier molecular flexibility index (Phi) is 4.71. The second-order valence-corrected chi connectivity index (χ2v) is 4.60. The third kappa shape index (κ3) is 2.81. The summed E-state index contributed by atoms with van der Waals surface area (Å²) in [6.45, 7) is 4.12. The lowest BCUT2D eigenvalue weighted by molar-refractivity contribution is -0.143. The van der Waals surface area contributed by atoms with E-state index < -0.39 is 6.04 Å².